The van der Waals surface area contributed by atoms with Crippen molar-refractivity contribution in [2.75, 3.05) is 6.61 Å². The summed E-state index contributed by atoms with van der Waals surface area (Å²) in [5.74, 6) is -1.57. The standard InChI is InChI=1S/C28H30N2O5/c31-26(29-19-7-5-6-18(15-19)27(32)33)17-12-13-20(14-17)30-28(34)35-16-25-23-10-3-1-8-21(23)22-9-2-4-11-24(22)25/h1-5,7-11,17-20,25H,6,12-16H2,(H,29,31)(H,30,34)(H,32,33)/t17-,18+,19+,20+/m0/s1. The summed E-state index contributed by atoms with van der Waals surface area (Å²) in [7, 11) is 0. The van der Waals surface area contributed by atoms with Gasteiger partial charge < -0.3 is 20.5 Å². The predicted octanol–water partition coefficient (Wildman–Crippen LogP) is 4.23. The zero-order chi connectivity index (χ0) is 24.4. The molecule has 2 aromatic rings. The van der Waals surface area contributed by atoms with Gasteiger partial charge in [-0.25, -0.2) is 4.79 Å². The van der Waals surface area contributed by atoms with Crippen molar-refractivity contribution in [1.82, 2.24) is 10.6 Å². The molecule has 0 saturated heterocycles. The molecule has 182 valence electrons. The molecular formula is C28H30N2O5. The van der Waals surface area contributed by atoms with E-state index in [2.05, 4.69) is 34.9 Å². The predicted molar refractivity (Wildman–Crippen MR) is 131 cm³/mol. The molecule has 0 heterocycles. The van der Waals surface area contributed by atoms with Gasteiger partial charge in [-0.2, -0.15) is 0 Å². The smallest absolute Gasteiger partial charge is 0.407 e. The van der Waals surface area contributed by atoms with Crippen LogP contribution in [0, 0.1) is 11.8 Å². The summed E-state index contributed by atoms with van der Waals surface area (Å²) in [4.78, 5) is 36.5. The Morgan fingerprint density at radius 1 is 0.886 bits per heavy atom. The molecule has 1 fully saturated rings. The molecule has 1 saturated carbocycles. The molecule has 7 heteroatoms. The van der Waals surface area contributed by atoms with Crippen LogP contribution in [0.15, 0.2) is 60.7 Å². The Labute approximate surface area is 204 Å². The zero-order valence-corrected chi connectivity index (χ0v) is 19.5. The Bertz CT molecular complexity index is 1110. The van der Waals surface area contributed by atoms with Crippen LogP contribution < -0.4 is 10.6 Å². The van der Waals surface area contributed by atoms with E-state index in [4.69, 9.17) is 4.74 Å². The van der Waals surface area contributed by atoms with Crippen molar-refractivity contribution >= 4 is 18.0 Å². The lowest BCUT2D eigenvalue weighted by Crippen LogP contribution is -2.41. The van der Waals surface area contributed by atoms with Crippen LogP contribution in [0.4, 0.5) is 4.79 Å². The third kappa shape index (κ3) is 4.94. The Kier molecular flexibility index (Phi) is 6.57. The van der Waals surface area contributed by atoms with E-state index >= 15 is 0 Å². The average Bonchev–Trinajstić information content (AvgIpc) is 3.46. The Morgan fingerprint density at radius 2 is 1.57 bits per heavy atom. The molecule has 5 rings (SSSR count). The monoisotopic (exact) mass is 474 g/mol. The lowest BCUT2D eigenvalue weighted by Gasteiger charge is -2.24. The van der Waals surface area contributed by atoms with Crippen LogP contribution in [-0.2, 0) is 14.3 Å². The van der Waals surface area contributed by atoms with Gasteiger partial charge in [0.25, 0.3) is 0 Å². The van der Waals surface area contributed by atoms with Crippen molar-refractivity contribution in [3.63, 3.8) is 0 Å². The summed E-state index contributed by atoms with van der Waals surface area (Å²) in [5, 5.41) is 15.1. The third-order valence-corrected chi connectivity index (χ3v) is 7.47. The van der Waals surface area contributed by atoms with Gasteiger partial charge in [0, 0.05) is 23.9 Å². The second-order valence-corrected chi connectivity index (χ2v) is 9.73. The van der Waals surface area contributed by atoms with Gasteiger partial charge in [0.1, 0.15) is 6.61 Å². The molecular weight excluding hydrogens is 444 g/mol. The molecule has 3 aliphatic rings. The van der Waals surface area contributed by atoms with Crippen LogP contribution in [0.25, 0.3) is 11.1 Å². The minimum absolute atomic E-state index is 0.00781. The van der Waals surface area contributed by atoms with Gasteiger partial charge >= 0.3 is 12.1 Å². The molecule has 0 aliphatic heterocycles. The number of carbonyl (C=O) groups is 3. The van der Waals surface area contributed by atoms with Gasteiger partial charge in [-0.3, -0.25) is 9.59 Å². The number of aliphatic carboxylic acids is 1. The third-order valence-electron chi connectivity index (χ3n) is 7.47. The van der Waals surface area contributed by atoms with Crippen molar-refractivity contribution < 1.29 is 24.2 Å². The first-order valence-electron chi connectivity index (χ1n) is 12.3. The van der Waals surface area contributed by atoms with Crippen LogP contribution in [0.2, 0.25) is 0 Å². The lowest BCUT2D eigenvalue weighted by atomic mass is 9.91. The molecule has 0 unspecified atom stereocenters. The summed E-state index contributed by atoms with van der Waals surface area (Å²) in [6.45, 7) is 0.259. The molecule has 3 N–H and O–H groups in total. The second kappa shape index (κ2) is 9.94. The molecule has 2 aromatic carbocycles. The van der Waals surface area contributed by atoms with E-state index in [1.807, 2.05) is 36.4 Å². The number of carbonyl (C=O) groups excluding carboxylic acids is 2. The summed E-state index contributed by atoms with van der Waals surface area (Å²) in [5.41, 5.74) is 4.70. The number of carboxylic acids is 1. The summed E-state index contributed by atoms with van der Waals surface area (Å²) in [6.07, 6.45) is 6.08. The highest BCUT2D eigenvalue weighted by Crippen LogP contribution is 2.44. The van der Waals surface area contributed by atoms with E-state index in [0.29, 0.717) is 32.1 Å². The maximum atomic E-state index is 12.7. The quantitative estimate of drug-likeness (QED) is 0.544. The van der Waals surface area contributed by atoms with Crippen molar-refractivity contribution in [3.8, 4) is 11.1 Å². The fourth-order valence-corrected chi connectivity index (χ4v) is 5.66. The van der Waals surface area contributed by atoms with E-state index in [-0.39, 0.29) is 36.4 Å². The van der Waals surface area contributed by atoms with Gasteiger partial charge in [-0.05, 0) is 54.4 Å². The number of rotatable bonds is 6. The first kappa shape index (κ1) is 23.1. The molecule has 0 bridgehead atoms. The highest BCUT2D eigenvalue weighted by molar-refractivity contribution is 5.80. The SMILES string of the molecule is O=C(N[C@@H]1CC[C@H](C(=O)N[C@@H]2C=CC[C@@H](C(=O)O)C2)C1)OCC1c2ccccc2-c2ccccc21. The van der Waals surface area contributed by atoms with Gasteiger partial charge in [0.05, 0.1) is 5.92 Å². The number of benzene rings is 2. The molecule has 0 spiro atoms. The summed E-state index contributed by atoms with van der Waals surface area (Å²) in [6, 6.07) is 16.1. The molecule has 35 heavy (non-hydrogen) atoms. The number of nitrogens with one attached hydrogen (secondary N) is 2. The molecule has 2 amide bonds. The number of amides is 2. The second-order valence-electron chi connectivity index (χ2n) is 9.73. The lowest BCUT2D eigenvalue weighted by molar-refractivity contribution is -0.142. The zero-order valence-electron chi connectivity index (χ0n) is 19.5. The first-order valence-corrected chi connectivity index (χ1v) is 12.3. The number of allylic oxidation sites excluding steroid dienone is 1. The topological polar surface area (TPSA) is 105 Å². The van der Waals surface area contributed by atoms with Crippen LogP contribution >= 0.6 is 0 Å². The van der Waals surface area contributed by atoms with Gasteiger partial charge in [0.2, 0.25) is 5.91 Å². The Balaban J connectivity index is 1.11. The number of fused-ring (bicyclic) bond motifs is 3. The minimum atomic E-state index is -0.832. The van der Waals surface area contributed by atoms with E-state index in [0.717, 1.165) is 0 Å². The summed E-state index contributed by atoms with van der Waals surface area (Å²) >= 11 is 0. The van der Waals surface area contributed by atoms with E-state index in [9.17, 15) is 19.5 Å². The van der Waals surface area contributed by atoms with Crippen LogP contribution in [-0.4, -0.2) is 41.8 Å². The number of hydrogen-bond donors (Lipinski definition) is 3. The fourth-order valence-electron chi connectivity index (χ4n) is 5.66. The number of ether oxygens (including phenoxy) is 1. The largest absolute Gasteiger partial charge is 0.481 e. The number of hydrogen-bond acceptors (Lipinski definition) is 4. The van der Waals surface area contributed by atoms with Crippen molar-refractivity contribution in [2.45, 2.75) is 50.1 Å². The molecule has 3 aliphatic carbocycles. The fraction of sp³-hybridized carbons (Fsp3) is 0.393. The molecule has 0 radical (unpaired) electrons. The van der Waals surface area contributed by atoms with Crippen molar-refractivity contribution in [2.24, 2.45) is 11.8 Å². The van der Waals surface area contributed by atoms with Gasteiger partial charge in [-0.1, -0.05) is 60.7 Å². The van der Waals surface area contributed by atoms with Crippen LogP contribution in [0.1, 0.15) is 49.1 Å². The maximum absolute atomic E-state index is 12.7. The maximum Gasteiger partial charge on any atom is 0.407 e. The molecule has 0 aromatic heterocycles. The van der Waals surface area contributed by atoms with Crippen molar-refractivity contribution in [1.29, 1.82) is 0 Å². The van der Waals surface area contributed by atoms with E-state index in [1.165, 1.54) is 22.3 Å². The highest BCUT2D eigenvalue weighted by atomic mass is 16.5. The number of carboxylic acid groups (broad SMARTS) is 1. The summed E-state index contributed by atoms with van der Waals surface area (Å²) < 4.78 is 5.64. The first-order chi connectivity index (χ1) is 17.0. The Morgan fingerprint density at radius 3 is 2.26 bits per heavy atom. The van der Waals surface area contributed by atoms with E-state index < -0.39 is 18.0 Å². The average molecular weight is 475 g/mol. The van der Waals surface area contributed by atoms with E-state index in [1.54, 1.807) is 0 Å². The van der Waals surface area contributed by atoms with Gasteiger partial charge in [-0.15, -0.1) is 0 Å². The van der Waals surface area contributed by atoms with Gasteiger partial charge in [0.15, 0.2) is 0 Å². The van der Waals surface area contributed by atoms with Crippen LogP contribution in [0.5, 0.6) is 0 Å². The normalized spacial score (nSPS) is 24.9. The van der Waals surface area contributed by atoms with Crippen molar-refractivity contribution in [3.05, 3.63) is 71.8 Å². The number of alkyl carbamates (subject to hydrolysis) is 1. The van der Waals surface area contributed by atoms with Crippen LogP contribution in [0.3, 0.4) is 0 Å². The Hall–Kier alpha value is -3.61. The molecule has 7 nitrogen and oxygen atoms in total. The minimum Gasteiger partial charge on any atom is -0.481 e. The molecule has 4 atom stereocenters. The highest BCUT2D eigenvalue weighted by Gasteiger charge is 2.34.